The molecule has 3 rings (SSSR count). The van der Waals surface area contributed by atoms with Gasteiger partial charge in [0.2, 0.25) is 20.0 Å². The lowest BCUT2D eigenvalue weighted by Gasteiger charge is -2.20. The van der Waals surface area contributed by atoms with Gasteiger partial charge in [-0.3, -0.25) is 9.03 Å². The molecule has 1 N–H and O–H groups in total. The molecule has 0 atom stereocenters. The molecule has 1 aromatic rings. The van der Waals surface area contributed by atoms with Crippen molar-refractivity contribution in [1.29, 1.82) is 0 Å². The molecule has 2 aliphatic rings. The van der Waals surface area contributed by atoms with E-state index in [0.717, 1.165) is 12.8 Å². The van der Waals surface area contributed by atoms with Gasteiger partial charge in [0.15, 0.2) is 0 Å². The Bertz CT molecular complexity index is 802. The lowest BCUT2D eigenvalue weighted by Crippen LogP contribution is -2.27. The Balaban J connectivity index is 1.89. The quantitative estimate of drug-likeness (QED) is 0.872. The van der Waals surface area contributed by atoms with Gasteiger partial charge < -0.3 is 0 Å². The van der Waals surface area contributed by atoms with Crippen LogP contribution >= 0.6 is 11.6 Å². The molecule has 1 aliphatic heterocycles. The van der Waals surface area contributed by atoms with Crippen molar-refractivity contribution >= 4 is 43.0 Å². The maximum Gasteiger partial charge on any atom is 0.235 e. The van der Waals surface area contributed by atoms with Gasteiger partial charge in [-0.25, -0.2) is 16.8 Å². The molecular formula is C14H19ClN2O4S2. The fourth-order valence-electron chi connectivity index (χ4n) is 3.12. The highest BCUT2D eigenvalue weighted by molar-refractivity contribution is 7.93. The second-order valence-electron chi connectivity index (χ2n) is 5.96. The summed E-state index contributed by atoms with van der Waals surface area (Å²) in [6, 6.07) is 4.58. The van der Waals surface area contributed by atoms with E-state index in [0.29, 0.717) is 42.2 Å². The van der Waals surface area contributed by atoms with Crippen molar-refractivity contribution < 1.29 is 16.8 Å². The maximum absolute atomic E-state index is 12.4. The molecule has 1 heterocycles. The number of nitrogens with one attached hydrogen (secondary N) is 1. The lowest BCUT2D eigenvalue weighted by molar-refractivity contribution is 0.585. The van der Waals surface area contributed by atoms with Gasteiger partial charge in [-0.1, -0.05) is 24.4 Å². The van der Waals surface area contributed by atoms with E-state index in [-0.39, 0.29) is 11.0 Å². The van der Waals surface area contributed by atoms with E-state index < -0.39 is 20.0 Å². The van der Waals surface area contributed by atoms with E-state index >= 15 is 0 Å². The monoisotopic (exact) mass is 378 g/mol. The lowest BCUT2D eigenvalue weighted by atomic mass is 10.3. The van der Waals surface area contributed by atoms with E-state index in [4.69, 9.17) is 11.6 Å². The minimum atomic E-state index is -3.46. The summed E-state index contributed by atoms with van der Waals surface area (Å²) in [6.45, 7) is 0.362. The first kappa shape index (κ1) is 16.9. The van der Waals surface area contributed by atoms with Gasteiger partial charge in [0.05, 0.1) is 27.4 Å². The molecule has 1 saturated heterocycles. The summed E-state index contributed by atoms with van der Waals surface area (Å²) < 4.78 is 52.7. The molecule has 0 aromatic heterocycles. The first-order valence-corrected chi connectivity index (χ1v) is 11.1. The number of hydrogen-bond donors (Lipinski definition) is 1. The van der Waals surface area contributed by atoms with Crippen molar-refractivity contribution in [3.05, 3.63) is 23.2 Å². The van der Waals surface area contributed by atoms with Crippen molar-refractivity contribution in [3.8, 4) is 0 Å². The van der Waals surface area contributed by atoms with Crippen LogP contribution in [-0.4, -0.2) is 34.4 Å². The summed E-state index contributed by atoms with van der Waals surface area (Å²) in [5.74, 6) is 0.0847. The molecule has 128 valence electrons. The number of sulfonamides is 2. The van der Waals surface area contributed by atoms with E-state index in [1.165, 1.54) is 16.4 Å². The minimum absolute atomic E-state index is 0.0847. The summed E-state index contributed by atoms with van der Waals surface area (Å²) >= 11 is 6.12. The van der Waals surface area contributed by atoms with Crippen LogP contribution in [0.1, 0.15) is 32.1 Å². The van der Waals surface area contributed by atoms with Crippen molar-refractivity contribution in [2.45, 2.75) is 37.4 Å². The Hall–Kier alpha value is -0.990. The van der Waals surface area contributed by atoms with Crippen LogP contribution in [0.4, 0.5) is 11.4 Å². The standard InChI is InChI=1S/C14H19ClN2O4S2/c15-13-7-6-11(16-23(20,21)12-4-1-2-5-12)10-14(13)17-8-3-9-22(17,18)19/h6-7,10,12,16H,1-5,8-9H2. The molecule has 23 heavy (non-hydrogen) atoms. The van der Waals surface area contributed by atoms with Gasteiger partial charge in [-0.2, -0.15) is 0 Å². The number of halogens is 1. The zero-order valence-electron chi connectivity index (χ0n) is 12.5. The smallest absolute Gasteiger partial charge is 0.235 e. The number of hydrogen-bond acceptors (Lipinski definition) is 4. The van der Waals surface area contributed by atoms with Crippen LogP contribution in [-0.2, 0) is 20.0 Å². The first-order valence-electron chi connectivity index (χ1n) is 7.61. The molecule has 1 aromatic carbocycles. The molecule has 2 fully saturated rings. The Morgan fingerprint density at radius 3 is 2.48 bits per heavy atom. The number of nitrogens with zero attached hydrogens (tertiary/aromatic N) is 1. The van der Waals surface area contributed by atoms with Gasteiger partial charge in [-0.05, 0) is 37.5 Å². The van der Waals surface area contributed by atoms with Crippen LogP contribution in [0.2, 0.25) is 5.02 Å². The van der Waals surface area contributed by atoms with Crippen LogP contribution < -0.4 is 9.03 Å². The number of anilines is 2. The average Bonchev–Trinajstić information content (AvgIpc) is 3.10. The maximum atomic E-state index is 12.4. The normalized spacial score (nSPS) is 21.7. The first-order chi connectivity index (χ1) is 10.8. The van der Waals surface area contributed by atoms with Gasteiger partial charge in [0.25, 0.3) is 0 Å². The van der Waals surface area contributed by atoms with Gasteiger partial charge in [0.1, 0.15) is 0 Å². The summed E-state index contributed by atoms with van der Waals surface area (Å²) in [6.07, 6.45) is 3.70. The predicted octanol–water partition coefficient (Wildman–Crippen LogP) is 2.56. The Morgan fingerprint density at radius 2 is 1.87 bits per heavy atom. The molecule has 0 radical (unpaired) electrons. The van der Waals surface area contributed by atoms with Crippen molar-refractivity contribution in [2.24, 2.45) is 0 Å². The highest BCUT2D eigenvalue weighted by atomic mass is 35.5. The van der Waals surface area contributed by atoms with Crippen molar-refractivity contribution in [3.63, 3.8) is 0 Å². The second-order valence-corrected chi connectivity index (χ2v) is 10.3. The summed E-state index contributed by atoms with van der Waals surface area (Å²) in [5, 5.41) is -0.0866. The van der Waals surface area contributed by atoms with Crippen LogP contribution in [0, 0.1) is 0 Å². The van der Waals surface area contributed by atoms with Gasteiger partial charge in [-0.15, -0.1) is 0 Å². The number of rotatable bonds is 4. The average molecular weight is 379 g/mol. The van der Waals surface area contributed by atoms with Crippen molar-refractivity contribution in [2.75, 3.05) is 21.3 Å². The zero-order valence-corrected chi connectivity index (χ0v) is 14.9. The minimum Gasteiger partial charge on any atom is -0.283 e. The summed E-state index contributed by atoms with van der Waals surface area (Å²) in [4.78, 5) is 0. The molecule has 1 aliphatic carbocycles. The van der Waals surface area contributed by atoms with E-state index in [9.17, 15) is 16.8 Å². The van der Waals surface area contributed by atoms with Gasteiger partial charge in [0, 0.05) is 6.54 Å². The molecule has 9 heteroatoms. The fourth-order valence-corrected chi connectivity index (χ4v) is 6.54. The third-order valence-electron chi connectivity index (χ3n) is 4.32. The highest BCUT2D eigenvalue weighted by Gasteiger charge is 2.31. The summed E-state index contributed by atoms with van der Waals surface area (Å²) in [5.41, 5.74) is 0.675. The number of benzene rings is 1. The molecule has 0 unspecified atom stereocenters. The van der Waals surface area contributed by atoms with E-state index in [1.54, 1.807) is 6.07 Å². The summed E-state index contributed by atoms with van der Waals surface area (Å²) in [7, 11) is -6.82. The third-order valence-corrected chi connectivity index (χ3v) is 8.36. The Kier molecular flexibility index (Phi) is 4.50. The Labute approximate surface area is 141 Å². The molecule has 0 spiro atoms. The zero-order chi connectivity index (χ0) is 16.7. The molecule has 1 saturated carbocycles. The fraction of sp³-hybridized carbons (Fsp3) is 0.571. The van der Waals surface area contributed by atoms with E-state index in [2.05, 4.69) is 4.72 Å². The van der Waals surface area contributed by atoms with Crippen LogP contribution in [0.15, 0.2) is 18.2 Å². The predicted molar refractivity (Wildman–Crippen MR) is 92.0 cm³/mol. The van der Waals surface area contributed by atoms with Crippen molar-refractivity contribution in [1.82, 2.24) is 0 Å². The SMILES string of the molecule is O=S(=O)(Nc1ccc(Cl)c(N2CCCS2(=O)=O)c1)C1CCCC1. The van der Waals surface area contributed by atoms with E-state index in [1.807, 2.05) is 0 Å². The second kappa shape index (κ2) is 6.14. The van der Waals surface area contributed by atoms with Crippen LogP contribution in [0.3, 0.4) is 0 Å². The molecular weight excluding hydrogens is 360 g/mol. The Morgan fingerprint density at radius 1 is 1.17 bits per heavy atom. The van der Waals surface area contributed by atoms with Crippen LogP contribution in [0.25, 0.3) is 0 Å². The van der Waals surface area contributed by atoms with Crippen LogP contribution in [0.5, 0.6) is 0 Å². The molecule has 0 amide bonds. The van der Waals surface area contributed by atoms with Gasteiger partial charge >= 0.3 is 0 Å². The third kappa shape index (κ3) is 3.44. The highest BCUT2D eigenvalue weighted by Crippen LogP contribution is 2.34. The molecule has 6 nitrogen and oxygen atoms in total. The topological polar surface area (TPSA) is 83.6 Å². The largest absolute Gasteiger partial charge is 0.283 e. The molecule has 0 bridgehead atoms.